The van der Waals surface area contributed by atoms with Gasteiger partial charge in [0.15, 0.2) is 5.17 Å². The van der Waals surface area contributed by atoms with E-state index in [1.165, 1.54) is 11.8 Å². The molecule has 2 heterocycles. The van der Waals surface area contributed by atoms with Crippen molar-refractivity contribution in [2.24, 2.45) is 5.73 Å². The fraction of sp³-hybridized carbons (Fsp3) is 0.0312. The second-order valence-electron chi connectivity index (χ2n) is 8.79. The fourth-order valence-corrected chi connectivity index (χ4v) is 5.00. The van der Waals surface area contributed by atoms with Crippen molar-refractivity contribution in [1.29, 1.82) is 5.41 Å². The minimum absolute atomic E-state index is 0.109. The third-order valence-corrected chi connectivity index (χ3v) is 7.23. The molecule has 0 atom stereocenters. The van der Waals surface area contributed by atoms with Gasteiger partial charge in [-0.2, -0.15) is 10.2 Å². The highest BCUT2D eigenvalue weighted by Crippen LogP contribution is 2.28. The Morgan fingerprint density at radius 3 is 1.95 bits per heavy atom. The molecule has 0 saturated carbocycles. The van der Waals surface area contributed by atoms with Crippen LogP contribution in [0.3, 0.4) is 0 Å². The van der Waals surface area contributed by atoms with E-state index in [-0.39, 0.29) is 5.17 Å². The molecule has 6 aromatic rings. The van der Waals surface area contributed by atoms with Crippen LogP contribution in [0.25, 0.3) is 33.9 Å². The van der Waals surface area contributed by atoms with Crippen LogP contribution in [0.15, 0.2) is 138 Å². The Morgan fingerprint density at radius 2 is 1.32 bits per heavy atom. The van der Waals surface area contributed by atoms with E-state index in [1.54, 1.807) is 0 Å². The van der Waals surface area contributed by atoms with E-state index in [4.69, 9.17) is 16.2 Å². The minimum Gasteiger partial charge on any atom is -0.379 e. The summed E-state index contributed by atoms with van der Waals surface area (Å²) in [5.74, 6) is 0.615. The molecule has 8 heteroatoms. The van der Waals surface area contributed by atoms with Crippen molar-refractivity contribution in [2.75, 3.05) is 0 Å². The van der Waals surface area contributed by atoms with E-state index in [9.17, 15) is 0 Å². The fourth-order valence-electron chi connectivity index (χ4n) is 4.07. The number of nitrogens with zero attached hydrogens (tertiary/aromatic N) is 4. The standard InChI is InChI=1S/C17H15BrN4S.C15H12N2/c18-14-6-4-5-12(9-14)16-13(11-23-17(19)20)10-22(21-16)15-7-2-1-3-8-15;1-3-7-13(8-4-1)15-11-12-17(16-15)14-9-5-2-6-10-14/h1-10H,11H2,(H3,19,20);1-12H. The monoisotopic (exact) mass is 606 g/mol. The Kier molecular flexibility index (Phi) is 8.90. The van der Waals surface area contributed by atoms with Crippen molar-refractivity contribution in [3.8, 4) is 33.9 Å². The summed E-state index contributed by atoms with van der Waals surface area (Å²) in [5.41, 5.74) is 12.7. The molecule has 0 fully saturated rings. The Morgan fingerprint density at radius 1 is 0.725 bits per heavy atom. The van der Waals surface area contributed by atoms with E-state index in [2.05, 4.69) is 33.2 Å². The molecular formula is C32H27BrN6S. The molecule has 0 unspecified atom stereocenters. The van der Waals surface area contributed by atoms with E-state index in [0.717, 1.165) is 43.9 Å². The highest BCUT2D eigenvalue weighted by Gasteiger charge is 2.13. The number of nitrogens with two attached hydrogens (primary N) is 1. The molecule has 6 nitrogen and oxygen atoms in total. The van der Waals surface area contributed by atoms with Gasteiger partial charge in [0.05, 0.1) is 22.8 Å². The third kappa shape index (κ3) is 6.97. The van der Waals surface area contributed by atoms with Gasteiger partial charge in [-0.25, -0.2) is 9.36 Å². The van der Waals surface area contributed by atoms with E-state index >= 15 is 0 Å². The van der Waals surface area contributed by atoms with Crippen LogP contribution in [-0.4, -0.2) is 24.7 Å². The lowest BCUT2D eigenvalue weighted by Gasteiger charge is -2.02. The van der Waals surface area contributed by atoms with Crippen molar-refractivity contribution in [3.05, 3.63) is 144 Å². The first kappa shape index (κ1) is 27.2. The zero-order valence-corrected chi connectivity index (χ0v) is 24.0. The van der Waals surface area contributed by atoms with Gasteiger partial charge in [0, 0.05) is 39.3 Å². The number of para-hydroxylation sites is 2. The van der Waals surface area contributed by atoms with Gasteiger partial charge in [-0.1, -0.05) is 107 Å². The topological polar surface area (TPSA) is 85.5 Å². The molecule has 0 spiro atoms. The van der Waals surface area contributed by atoms with Crippen molar-refractivity contribution < 1.29 is 0 Å². The van der Waals surface area contributed by atoms with Gasteiger partial charge < -0.3 is 5.73 Å². The number of halogens is 1. The highest BCUT2D eigenvalue weighted by atomic mass is 79.9. The SMILES string of the molecule is N=C(N)SCc1cn(-c2ccccc2)nc1-c1cccc(Br)c1.c1ccc(-c2ccn(-c3ccccc3)n2)cc1. The van der Waals surface area contributed by atoms with Crippen molar-refractivity contribution >= 4 is 32.9 Å². The maximum atomic E-state index is 7.43. The van der Waals surface area contributed by atoms with Crippen LogP contribution in [0.5, 0.6) is 0 Å². The Balaban J connectivity index is 0.000000168. The Hall–Kier alpha value is -4.40. The number of aromatic nitrogens is 4. The summed E-state index contributed by atoms with van der Waals surface area (Å²) >= 11 is 4.81. The molecule has 198 valence electrons. The number of rotatable bonds is 6. The predicted octanol–water partition coefficient (Wildman–Crippen LogP) is 7.97. The number of hydrogen-bond donors (Lipinski definition) is 2. The second kappa shape index (κ2) is 13.1. The maximum Gasteiger partial charge on any atom is 0.151 e. The Labute approximate surface area is 246 Å². The summed E-state index contributed by atoms with van der Waals surface area (Å²) in [6.07, 6.45) is 3.99. The molecule has 0 saturated heterocycles. The van der Waals surface area contributed by atoms with Gasteiger partial charge in [0.1, 0.15) is 0 Å². The molecular weight excluding hydrogens is 580 g/mol. The van der Waals surface area contributed by atoms with Crippen LogP contribution in [0, 0.1) is 5.41 Å². The van der Waals surface area contributed by atoms with E-state index in [1.807, 2.05) is 131 Å². The van der Waals surface area contributed by atoms with Crippen molar-refractivity contribution in [3.63, 3.8) is 0 Å². The average Bonchev–Trinajstić information content (AvgIpc) is 3.66. The molecule has 0 aliphatic heterocycles. The van der Waals surface area contributed by atoms with Crippen LogP contribution in [0.1, 0.15) is 5.56 Å². The van der Waals surface area contributed by atoms with Crippen LogP contribution >= 0.6 is 27.7 Å². The smallest absolute Gasteiger partial charge is 0.151 e. The maximum absolute atomic E-state index is 7.43. The molecule has 3 N–H and O–H groups in total. The zero-order valence-electron chi connectivity index (χ0n) is 21.6. The number of hydrogen-bond acceptors (Lipinski definition) is 4. The van der Waals surface area contributed by atoms with Gasteiger partial charge in [-0.3, -0.25) is 5.41 Å². The number of amidine groups is 1. The predicted molar refractivity (Wildman–Crippen MR) is 169 cm³/mol. The largest absolute Gasteiger partial charge is 0.379 e. The van der Waals surface area contributed by atoms with Crippen LogP contribution in [0.4, 0.5) is 0 Å². The quantitative estimate of drug-likeness (QED) is 0.149. The summed E-state index contributed by atoms with van der Waals surface area (Å²) in [6.45, 7) is 0. The molecule has 6 rings (SSSR count). The number of thioether (sulfide) groups is 1. The molecule has 2 aromatic heterocycles. The molecule has 0 aliphatic carbocycles. The lowest BCUT2D eigenvalue weighted by Crippen LogP contribution is -2.03. The number of nitrogens with one attached hydrogen (secondary N) is 1. The average molecular weight is 608 g/mol. The van der Waals surface area contributed by atoms with Crippen LogP contribution < -0.4 is 5.73 Å². The van der Waals surface area contributed by atoms with Crippen LogP contribution in [-0.2, 0) is 5.75 Å². The molecule has 0 radical (unpaired) electrons. The lowest BCUT2D eigenvalue weighted by molar-refractivity contribution is 0.884. The molecule has 4 aromatic carbocycles. The van der Waals surface area contributed by atoms with Gasteiger partial charge in [-0.15, -0.1) is 0 Å². The van der Waals surface area contributed by atoms with Gasteiger partial charge in [0.2, 0.25) is 0 Å². The molecule has 0 amide bonds. The van der Waals surface area contributed by atoms with Crippen LogP contribution in [0.2, 0.25) is 0 Å². The first-order valence-electron chi connectivity index (χ1n) is 12.6. The second-order valence-corrected chi connectivity index (χ2v) is 10.7. The third-order valence-electron chi connectivity index (χ3n) is 5.97. The van der Waals surface area contributed by atoms with Gasteiger partial charge in [0.25, 0.3) is 0 Å². The minimum atomic E-state index is 0.109. The van der Waals surface area contributed by atoms with Gasteiger partial charge >= 0.3 is 0 Å². The summed E-state index contributed by atoms with van der Waals surface area (Å²) in [5, 5.41) is 16.8. The summed E-state index contributed by atoms with van der Waals surface area (Å²) < 4.78 is 4.77. The summed E-state index contributed by atoms with van der Waals surface area (Å²) in [7, 11) is 0. The number of benzene rings is 4. The first-order chi connectivity index (χ1) is 19.6. The highest BCUT2D eigenvalue weighted by molar-refractivity contribution is 9.10. The van der Waals surface area contributed by atoms with Gasteiger partial charge in [-0.05, 0) is 42.5 Å². The zero-order chi connectivity index (χ0) is 27.7. The molecule has 40 heavy (non-hydrogen) atoms. The summed E-state index contributed by atoms with van der Waals surface area (Å²) in [6, 6.07) is 40.4. The van der Waals surface area contributed by atoms with Crippen molar-refractivity contribution in [1.82, 2.24) is 19.6 Å². The van der Waals surface area contributed by atoms with E-state index in [0.29, 0.717) is 5.75 Å². The Bertz CT molecular complexity index is 1630. The van der Waals surface area contributed by atoms with E-state index < -0.39 is 0 Å². The first-order valence-corrected chi connectivity index (χ1v) is 14.4. The van der Waals surface area contributed by atoms with Crippen molar-refractivity contribution in [2.45, 2.75) is 5.75 Å². The normalized spacial score (nSPS) is 10.5. The molecule has 0 bridgehead atoms. The summed E-state index contributed by atoms with van der Waals surface area (Å²) in [4.78, 5) is 0. The molecule has 0 aliphatic rings. The lowest BCUT2D eigenvalue weighted by atomic mass is 10.1.